The van der Waals surface area contributed by atoms with Crippen LogP contribution in [0, 0.1) is 17.5 Å². The Balaban J connectivity index is 1.79. The molecule has 1 saturated heterocycles. The smallest absolute Gasteiger partial charge is 0.254 e. The zero-order valence-corrected chi connectivity index (χ0v) is 12.1. The number of halogens is 3. The lowest BCUT2D eigenvalue weighted by Gasteiger charge is -2.33. The Bertz CT molecular complexity index is 736. The van der Waals surface area contributed by atoms with Crippen molar-refractivity contribution >= 4 is 5.91 Å². The van der Waals surface area contributed by atoms with E-state index in [-0.39, 0.29) is 18.7 Å². The number of rotatable bonds is 2. The maximum atomic E-state index is 13.8. The van der Waals surface area contributed by atoms with Crippen molar-refractivity contribution in [2.24, 2.45) is 0 Å². The van der Waals surface area contributed by atoms with Crippen LogP contribution in [-0.4, -0.2) is 30.5 Å². The number of hydrogen-bond acceptors (Lipinski definition) is 2. The van der Waals surface area contributed by atoms with Crippen LogP contribution in [0.25, 0.3) is 0 Å². The number of hydrogen-bond donors (Lipinski definition) is 0. The first-order valence-electron chi connectivity index (χ1n) is 7.16. The number of morpholine rings is 1. The van der Waals surface area contributed by atoms with E-state index in [1.807, 2.05) is 0 Å². The number of amides is 1. The van der Waals surface area contributed by atoms with Gasteiger partial charge in [0.1, 0.15) is 11.9 Å². The fourth-order valence-corrected chi connectivity index (χ4v) is 2.57. The van der Waals surface area contributed by atoms with Gasteiger partial charge in [0, 0.05) is 17.7 Å². The van der Waals surface area contributed by atoms with Crippen molar-refractivity contribution in [3.8, 4) is 0 Å². The Hall–Kier alpha value is -2.34. The molecule has 3 rings (SSSR count). The quantitative estimate of drug-likeness (QED) is 0.849. The van der Waals surface area contributed by atoms with E-state index >= 15 is 0 Å². The lowest BCUT2D eigenvalue weighted by Crippen LogP contribution is -2.42. The van der Waals surface area contributed by atoms with Crippen LogP contribution in [0.4, 0.5) is 13.2 Å². The molecule has 6 heteroatoms. The van der Waals surface area contributed by atoms with Gasteiger partial charge in [-0.25, -0.2) is 13.2 Å². The van der Waals surface area contributed by atoms with Gasteiger partial charge >= 0.3 is 0 Å². The molecule has 0 N–H and O–H groups in total. The third-order valence-corrected chi connectivity index (χ3v) is 3.77. The van der Waals surface area contributed by atoms with Crippen molar-refractivity contribution in [3.05, 3.63) is 71.0 Å². The Kier molecular flexibility index (Phi) is 4.34. The predicted molar refractivity (Wildman–Crippen MR) is 77.4 cm³/mol. The summed E-state index contributed by atoms with van der Waals surface area (Å²) in [6.07, 6.45) is -0.584. The molecule has 2 aromatic rings. The van der Waals surface area contributed by atoms with Gasteiger partial charge in [-0.1, -0.05) is 18.2 Å². The minimum absolute atomic E-state index is 0.0538. The first kappa shape index (κ1) is 15.6. The summed E-state index contributed by atoms with van der Waals surface area (Å²) in [6.45, 7) is 0.704. The SMILES string of the molecule is O=C(c1ccc(F)c(F)c1)N1CCOC(c2ccccc2F)C1. The molecule has 0 aromatic heterocycles. The molecule has 3 nitrogen and oxygen atoms in total. The molecule has 23 heavy (non-hydrogen) atoms. The zero-order chi connectivity index (χ0) is 16.4. The van der Waals surface area contributed by atoms with Gasteiger partial charge in [-0.2, -0.15) is 0 Å². The van der Waals surface area contributed by atoms with E-state index in [4.69, 9.17) is 4.74 Å². The molecule has 0 radical (unpaired) electrons. The van der Waals surface area contributed by atoms with Crippen molar-refractivity contribution in [3.63, 3.8) is 0 Å². The van der Waals surface area contributed by atoms with Crippen LogP contribution in [0.1, 0.15) is 22.0 Å². The number of carbonyl (C=O) groups is 1. The maximum Gasteiger partial charge on any atom is 0.254 e. The minimum Gasteiger partial charge on any atom is -0.370 e. The summed E-state index contributed by atoms with van der Waals surface area (Å²) in [4.78, 5) is 13.9. The highest BCUT2D eigenvalue weighted by Crippen LogP contribution is 2.25. The summed E-state index contributed by atoms with van der Waals surface area (Å²) in [6, 6.07) is 9.21. The van der Waals surface area contributed by atoms with Crippen LogP contribution in [0.5, 0.6) is 0 Å². The summed E-state index contributed by atoms with van der Waals surface area (Å²) in [5.74, 6) is -2.92. The Morgan fingerprint density at radius 3 is 2.57 bits per heavy atom. The summed E-state index contributed by atoms with van der Waals surface area (Å²) in [5, 5.41) is 0. The first-order valence-corrected chi connectivity index (χ1v) is 7.16. The average molecular weight is 321 g/mol. The molecule has 0 spiro atoms. The normalized spacial score (nSPS) is 18.0. The first-order chi connectivity index (χ1) is 11.1. The van der Waals surface area contributed by atoms with Crippen LogP contribution in [0.3, 0.4) is 0 Å². The second-order valence-corrected chi connectivity index (χ2v) is 5.26. The Morgan fingerprint density at radius 1 is 1.04 bits per heavy atom. The second-order valence-electron chi connectivity index (χ2n) is 5.26. The number of ether oxygens (including phenoxy) is 1. The molecule has 1 aliphatic rings. The molecule has 2 aromatic carbocycles. The molecule has 1 unspecified atom stereocenters. The van der Waals surface area contributed by atoms with E-state index in [1.54, 1.807) is 18.2 Å². The van der Waals surface area contributed by atoms with Crippen molar-refractivity contribution in [1.82, 2.24) is 4.90 Å². The summed E-state index contributed by atoms with van der Waals surface area (Å²) in [5.41, 5.74) is 0.424. The van der Waals surface area contributed by atoms with Gasteiger partial charge < -0.3 is 9.64 Å². The highest BCUT2D eigenvalue weighted by atomic mass is 19.2. The minimum atomic E-state index is -1.07. The molecule has 1 atom stereocenters. The number of benzene rings is 2. The lowest BCUT2D eigenvalue weighted by molar-refractivity contribution is -0.0243. The average Bonchev–Trinajstić information content (AvgIpc) is 2.57. The van der Waals surface area contributed by atoms with Crippen LogP contribution in [-0.2, 0) is 4.74 Å². The van der Waals surface area contributed by atoms with Crippen molar-refractivity contribution in [1.29, 1.82) is 0 Å². The van der Waals surface area contributed by atoms with Crippen LogP contribution in [0.15, 0.2) is 42.5 Å². The highest BCUT2D eigenvalue weighted by Gasteiger charge is 2.28. The van der Waals surface area contributed by atoms with Crippen LogP contribution < -0.4 is 0 Å². The van der Waals surface area contributed by atoms with Crippen molar-refractivity contribution < 1.29 is 22.7 Å². The summed E-state index contributed by atoms with van der Waals surface area (Å²) >= 11 is 0. The lowest BCUT2D eigenvalue weighted by atomic mass is 10.1. The second kappa shape index (κ2) is 6.42. The molecule has 1 fully saturated rings. The van der Waals surface area contributed by atoms with E-state index in [2.05, 4.69) is 0 Å². The molecule has 1 aliphatic heterocycles. The third kappa shape index (κ3) is 3.22. The molecule has 1 heterocycles. The van der Waals surface area contributed by atoms with E-state index in [0.29, 0.717) is 12.1 Å². The Labute approximate surface area is 131 Å². The fourth-order valence-electron chi connectivity index (χ4n) is 2.57. The van der Waals surface area contributed by atoms with Crippen molar-refractivity contribution in [2.75, 3.05) is 19.7 Å². The van der Waals surface area contributed by atoms with Crippen LogP contribution >= 0.6 is 0 Å². The monoisotopic (exact) mass is 321 g/mol. The van der Waals surface area contributed by atoms with Gasteiger partial charge in [-0.3, -0.25) is 4.79 Å². The van der Waals surface area contributed by atoms with E-state index in [9.17, 15) is 18.0 Å². The molecule has 0 bridgehead atoms. The molecule has 1 amide bonds. The fraction of sp³-hybridized carbons (Fsp3) is 0.235. The maximum absolute atomic E-state index is 13.8. The third-order valence-electron chi connectivity index (χ3n) is 3.77. The van der Waals surface area contributed by atoms with Gasteiger partial charge in [-0.05, 0) is 24.3 Å². The highest BCUT2D eigenvalue weighted by molar-refractivity contribution is 5.94. The van der Waals surface area contributed by atoms with Gasteiger partial charge in [0.05, 0.1) is 13.2 Å². The molecule has 0 aliphatic carbocycles. The molecule has 0 saturated carbocycles. The number of nitrogens with zero attached hydrogens (tertiary/aromatic N) is 1. The van der Waals surface area contributed by atoms with Crippen LogP contribution in [0.2, 0.25) is 0 Å². The van der Waals surface area contributed by atoms with E-state index in [1.165, 1.54) is 17.0 Å². The summed E-state index contributed by atoms with van der Waals surface area (Å²) in [7, 11) is 0. The van der Waals surface area contributed by atoms with Gasteiger partial charge in [0.2, 0.25) is 0 Å². The topological polar surface area (TPSA) is 29.5 Å². The van der Waals surface area contributed by atoms with Gasteiger partial charge in [0.15, 0.2) is 11.6 Å². The largest absolute Gasteiger partial charge is 0.370 e. The molecule has 120 valence electrons. The predicted octanol–water partition coefficient (Wildman–Crippen LogP) is 3.32. The Morgan fingerprint density at radius 2 is 1.83 bits per heavy atom. The van der Waals surface area contributed by atoms with Crippen molar-refractivity contribution in [2.45, 2.75) is 6.10 Å². The van der Waals surface area contributed by atoms with E-state index < -0.39 is 29.5 Å². The standard InChI is InChI=1S/C17H14F3NO2/c18-13-4-2-1-3-12(13)16-10-21(7-8-23-16)17(22)11-5-6-14(19)15(20)9-11/h1-6,9,16H,7-8,10H2. The van der Waals surface area contributed by atoms with Gasteiger partial charge in [0.25, 0.3) is 5.91 Å². The number of carbonyl (C=O) groups excluding carboxylic acids is 1. The van der Waals surface area contributed by atoms with Gasteiger partial charge in [-0.15, -0.1) is 0 Å². The summed E-state index contributed by atoms with van der Waals surface area (Å²) < 4.78 is 45.6. The van der Waals surface area contributed by atoms with E-state index in [0.717, 1.165) is 12.1 Å². The zero-order valence-electron chi connectivity index (χ0n) is 12.1. The molecular formula is C17H14F3NO2. The molecular weight excluding hydrogens is 307 g/mol.